The van der Waals surface area contributed by atoms with Crippen molar-refractivity contribution in [3.05, 3.63) is 70.8 Å². The van der Waals surface area contributed by atoms with E-state index in [-0.39, 0.29) is 17.9 Å². The van der Waals surface area contributed by atoms with Gasteiger partial charge in [-0.15, -0.1) is 0 Å². The highest BCUT2D eigenvalue weighted by Gasteiger charge is 2.30. The minimum Gasteiger partial charge on any atom is -0.352 e. The average molecular weight is 407 g/mol. The predicted molar refractivity (Wildman–Crippen MR) is 121 cm³/mol. The highest BCUT2D eigenvalue weighted by molar-refractivity contribution is 5.88. The summed E-state index contributed by atoms with van der Waals surface area (Å²) in [5, 5.41) is 3.21. The highest BCUT2D eigenvalue weighted by Crippen LogP contribution is 2.20. The fraction of sp³-hybridized carbons (Fsp3) is 0.462. The van der Waals surface area contributed by atoms with Crippen LogP contribution in [0.5, 0.6) is 0 Å². The van der Waals surface area contributed by atoms with Crippen molar-refractivity contribution in [2.75, 3.05) is 0 Å². The van der Waals surface area contributed by atoms with Gasteiger partial charge >= 0.3 is 0 Å². The third-order valence-electron chi connectivity index (χ3n) is 6.13. The van der Waals surface area contributed by atoms with Crippen LogP contribution in [0.1, 0.15) is 61.3 Å². The molecule has 1 saturated carbocycles. The second-order valence-electron chi connectivity index (χ2n) is 8.53. The van der Waals surface area contributed by atoms with Crippen molar-refractivity contribution in [1.29, 1.82) is 0 Å². The SMILES string of the molecule is CC[C@H](C(=O)NC1CCCC1)N(Cc1ccccc1C)C(=O)Cc1cccc(C)c1. The first-order chi connectivity index (χ1) is 14.5. The zero-order chi connectivity index (χ0) is 21.5. The molecule has 3 rings (SSSR count). The second kappa shape index (κ2) is 10.4. The maximum absolute atomic E-state index is 13.4. The maximum Gasteiger partial charge on any atom is 0.243 e. The number of carbonyl (C=O) groups excluding carboxylic acids is 2. The van der Waals surface area contributed by atoms with Crippen LogP contribution >= 0.6 is 0 Å². The van der Waals surface area contributed by atoms with Crippen LogP contribution in [0.3, 0.4) is 0 Å². The summed E-state index contributed by atoms with van der Waals surface area (Å²) in [6, 6.07) is 15.9. The number of nitrogens with one attached hydrogen (secondary N) is 1. The van der Waals surface area contributed by atoms with Crippen molar-refractivity contribution >= 4 is 11.8 Å². The van der Waals surface area contributed by atoms with Gasteiger partial charge in [0.25, 0.3) is 0 Å². The standard InChI is InChI=1S/C26H34N2O2/c1-4-24(26(30)27-23-14-7-8-15-23)28(18-22-13-6-5-11-20(22)3)25(29)17-21-12-9-10-19(2)16-21/h5-6,9-13,16,23-24H,4,7-8,14-15,17-18H2,1-3H3,(H,27,30)/t24-/m1/s1. The van der Waals surface area contributed by atoms with Gasteiger partial charge in [-0.1, -0.05) is 73.9 Å². The Balaban J connectivity index is 1.83. The van der Waals surface area contributed by atoms with Gasteiger partial charge < -0.3 is 10.2 Å². The fourth-order valence-corrected chi connectivity index (χ4v) is 4.36. The number of amides is 2. The van der Waals surface area contributed by atoms with Crippen LogP contribution < -0.4 is 5.32 Å². The summed E-state index contributed by atoms with van der Waals surface area (Å²) < 4.78 is 0. The minimum absolute atomic E-state index is 0.00252. The van der Waals surface area contributed by atoms with Crippen LogP contribution in [0.25, 0.3) is 0 Å². The van der Waals surface area contributed by atoms with Crippen LogP contribution in [0.4, 0.5) is 0 Å². The first-order valence-electron chi connectivity index (χ1n) is 11.2. The summed E-state index contributed by atoms with van der Waals surface area (Å²) in [6.07, 6.45) is 5.32. The molecule has 1 atom stereocenters. The Bertz CT molecular complexity index is 871. The monoisotopic (exact) mass is 406 g/mol. The molecule has 1 aliphatic carbocycles. The van der Waals surface area contributed by atoms with Crippen molar-refractivity contribution in [3.8, 4) is 0 Å². The van der Waals surface area contributed by atoms with Gasteiger partial charge in [0.2, 0.25) is 11.8 Å². The van der Waals surface area contributed by atoms with E-state index >= 15 is 0 Å². The molecule has 4 nitrogen and oxygen atoms in total. The smallest absolute Gasteiger partial charge is 0.243 e. The fourth-order valence-electron chi connectivity index (χ4n) is 4.36. The summed E-state index contributed by atoms with van der Waals surface area (Å²) in [5.41, 5.74) is 4.34. The molecule has 0 aromatic heterocycles. The molecular weight excluding hydrogens is 372 g/mol. The van der Waals surface area contributed by atoms with Crippen molar-refractivity contribution in [2.45, 2.75) is 77.9 Å². The van der Waals surface area contributed by atoms with E-state index in [0.717, 1.165) is 35.1 Å². The van der Waals surface area contributed by atoms with Crippen molar-refractivity contribution in [2.24, 2.45) is 0 Å². The van der Waals surface area contributed by atoms with Crippen LogP contribution in [-0.2, 0) is 22.6 Å². The largest absolute Gasteiger partial charge is 0.352 e. The molecule has 2 amide bonds. The molecule has 1 fully saturated rings. The highest BCUT2D eigenvalue weighted by atomic mass is 16.2. The van der Waals surface area contributed by atoms with Gasteiger partial charge in [0.1, 0.15) is 6.04 Å². The molecular formula is C26H34N2O2. The molecule has 1 N–H and O–H groups in total. The zero-order valence-corrected chi connectivity index (χ0v) is 18.5. The normalized spacial score (nSPS) is 15.0. The summed E-state index contributed by atoms with van der Waals surface area (Å²) in [4.78, 5) is 28.4. The number of carbonyl (C=O) groups is 2. The third kappa shape index (κ3) is 5.71. The van der Waals surface area contributed by atoms with E-state index < -0.39 is 6.04 Å². The molecule has 0 aliphatic heterocycles. The van der Waals surface area contributed by atoms with Gasteiger partial charge in [0, 0.05) is 12.6 Å². The van der Waals surface area contributed by atoms with E-state index in [0.29, 0.717) is 19.4 Å². The molecule has 0 heterocycles. The van der Waals surface area contributed by atoms with E-state index in [1.165, 1.54) is 12.8 Å². The molecule has 0 bridgehead atoms. The number of aryl methyl sites for hydroxylation is 2. The lowest BCUT2D eigenvalue weighted by Gasteiger charge is -2.32. The van der Waals surface area contributed by atoms with Crippen molar-refractivity contribution < 1.29 is 9.59 Å². The number of benzene rings is 2. The maximum atomic E-state index is 13.4. The topological polar surface area (TPSA) is 49.4 Å². The molecule has 2 aromatic rings. The minimum atomic E-state index is -0.456. The Labute approximate surface area is 180 Å². The Morgan fingerprint density at radius 1 is 1.07 bits per heavy atom. The summed E-state index contributed by atoms with van der Waals surface area (Å²) >= 11 is 0. The predicted octanol–water partition coefficient (Wildman–Crippen LogP) is 4.71. The number of nitrogens with zero attached hydrogens (tertiary/aromatic N) is 1. The zero-order valence-electron chi connectivity index (χ0n) is 18.5. The van der Waals surface area contributed by atoms with Gasteiger partial charge in [-0.25, -0.2) is 0 Å². The first kappa shape index (κ1) is 22.1. The molecule has 2 aromatic carbocycles. The summed E-state index contributed by atoms with van der Waals surface area (Å²) in [6.45, 7) is 6.53. The molecule has 160 valence electrons. The molecule has 0 unspecified atom stereocenters. The van der Waals surface area contributed by atoms with E-state index in [1.807, 2.05) is 56.3 Å². The quantitative estimate of drug-likeness (QED) is 0.690. The lowest BCUT2D eigenvalue weighted by atomic mass is 10.0. The lowest BCUT2D eigenvalue weighted by Crippen LogP contribution is -2.51. The molecule has 0 saturated heterocycles. The van der Waals surface area contributed by atoms with E-state index in [1.54, 1.807) is 4.90 Å². The van der Waals surface area contributed by atoms with Gasteiger partial charge in [0.05, 0.1) is 6.42 Å². The van der Waals surface area contributed by atoms with Crippen LogP contribution in [-0.4, -0.2) is 28.8 Å². The van der Waals surface area contributed by atoms with E-state index in [2.05, 4.69) is 18.3 Å². The van der Waals surface area contributed by atoms with Gasteiger partial charge in [-0.05, 0) is 49.8 Å². The molecule has 30 heavy (non-hydrogen) atoms. The Hall–Kier alpha value is -2.62. The Morgan fingerprint density at radius 3 is 2.47 bits per heavy atom. The molecule has 4 heteroatoms. The van der Waals surface area contributed by atoms with Gasteiger partial charge in [-0.2, -0.15) is 0 Å². The second-order valence-corrected chi connectivity index (χ2v) is 8.53. The van der Waals surface area contributed by atoms with Crippen LogP contribution in [0.2, 0.25) is 0 Å². The van der Waals surface area contributed by atoms with Crippen LogP contribution in [0.15, 0.2) is 48.5 Å². The van der Waals surface area contributed by atoms with Crippen molar-refractivity contribution in [1.82, 2.24) is 10.2 Å². The average Bonchev–Trinajstić information content (AvgIpc) is 3.22. The van der Waals surface area contributed by atoms with E-state index in [9.17, 15) is 9.59 Å². The Kier molecular flexibility index (Phi) is 7.67. The molecule has 1 aliphatic rings. The first-order valence-corrected chi connectivity index (χ1v) is 11.2. The third-order valence-corrected chi connectivity index (χ3v) is 6.13. The van der Waals surface area contributed by atoms with Crippen LogP contribution in [0, 0.1) is 13.8 Å². The number of hydrogen-bond donors (Lipinski definition) is 1. The lowest BCUT2D eigenvalue weighted by molar-refractivity contribution is -0.141. The summed E-state index contributed by atoms with van der Waals surface area (Å²) in [5.74, 6) is -0.0205. The Morgan fingerprint density at radius 2 is 1.80 bits per heavy atom. The molecule has 0 spiro atoms. The molecule has 0 radical (unpaired) electrons. The van der Waals surface area contributed by atoms with E-state index in [4.69, 9.17) is 0 Å². The van der Waals surface area contributed by atoms with Gasteiger partial charge in [0.15, 0.2) is 0 Å². The number of hydrogen-bond acceptors (Lipinski definition) is 2. The summed E-state index contributed by atoms with van der Waals surface area (Å²) in [7, 11) is 0. The van der Waals surface area contributed by atoms with Gasteiger partial charge in [-0.3, -0.25) is 9.59 Å². The number of rotatable bonds is 8. The van der Waals surface area contributed by atoms with Crippen molar-refractivity contribution in [3.63, 3.8) is 0 Å².